The normalized spacial score (nSPS) is 10.5. The third-order valence-corrected chi connectivity index (χ3v) is 2.83. The van der Waals surface area contributed by atoms with E-state index in [4.69, 9.17) is 14.2 Å². The van der Waals surface area contributed by atoms with E-state index in [2.05, 4.69) is 12.2 Å². The Kier molecular flexibility index (Phi) is 8.02. The van der Waals surface area contributed by atoms with Crippen LogP contribution in [0.3, 0.4) is 0 Å². The van der Waals surface area contributed by atoms with Crippen LogP contribution in [0.2, 0.25) is 0 Å². The minimum absolute atomic E-state index is 0.710. The molecule has 0 spiro atoms. The van der Waals surface area contributed by atoms with E-state index in [0.29, 0.717) is 6.61 Å². The molecular weight excluding hydrogens is 242 g/mol. The second-order valence-corrected chi connectivity index (χ2v) is 4.35. The van der Waals surface area contributed by atoms with Crippen LogP contribution < -0.4 is 14.8 Å². The maximum absolute atomic E-state index is 5.83. The summed E-state index contributed by atoms with van der Waals surface area (Å²) in [5, 5.41) is 3.33. The third-order valence-electron chi connectivity index (χ3n) is 2.83. The molecular formula is C15H25NO3. The highest BCUT2D eigenvalue weighted by molar-refractivity contribution is 5.40. The van der Waals surface area contributed by atoms with Crippen LogP contribution in [0.5, 0.6) is 11.5 Å². The Balaban J connectivity index is 2.60. The molecule has 0 unspecified atom stereocenters. The van der Waals surface area contributed by atoms with Gasteiger partial charge in [0.1, 0.15) is 11.5 Å². The van der Waals surface area contributed by atoms with E-state index in [1.807, 2.05) is 18.2 Å². The largest absolute Gasteiger partial charge is 0.497 e. The molecule has 4 nitrogen and oxygen atoms in total. The molecule has 0 aliphatic rings. The number of nitrogens with one attached hydrogen (secondary N) is 1. The molecule has 1 aromatic carbocycles. The van der Waals surface area contributed by atoms with Crippen molar-refractivity contribution in [3.63, 3.8) is 0 Å². The van der Waals surface area contributed by atoms with E-state index in [1.54, 1.807) is 14.2 Å². The van der Waals surface area contributed by atoms with Gasteiger partial charge in [0.15, 0.2) is 0 Å². The monoisotopic (exact) mass is 267 g/mol. The van der Waals surface area contributed by atoms with Crippen molar-refractivity contribution in [1.29, 1.82) is 0 Å². The summed E-state index contributed by atoms with van der Waals surface area (Å²) in [7, 11) is 3.37. The Hall–Kier alpha value is -1.26. The minimum atomic E-state index is 0.710. The van der Waals surface area contributed by atoms with Gasteiger partial charge in [0.25, 0.3) is 0 Å². The molecule has 0 aliphatic carbocycles. The van der Waals surface area contributed by atoms with Crippen LogP contribution in [0.1, 0.15) is 25.3 Å². The molecule has 0 fully saturated rings. The van der Waals surface area contributed by atoms with Crippen molar-refractivity contribution in [2.24, 2.45) is 0 Å². The number of ether oxygens (including phenoxy) is 3. The van der Waals surface area contributed by atoms with E-state index in [-0.39, 0.29) is 0 Å². The van der Waals surface area contributed by atoms with Crippen molar-refractivity contribution in [2.75, 3.05) is 34.0 Å². The van der Waals surface area contributed by atoms with Crippen LogP contribution >= 0.6 is 0 Å². The van der Waals surface area contributed by atoms with Crippen molar-refractivity contribution >= 4 is 0 Å². The molecule has 0 amide bonds. The first kappa shape index (κ1) is 15.8. The Morgan fingerprint density at radius 2 is 2.00 bits per heavy atom. The summed E-state index contributed by atoms with van der Waals surface area (Å²) in [5.74, 6) is 1.73. The van der Waals surface area contributed by atoms with E-state index < -0.39 is 0 Å². The van der Waals surface area contributed by atoms with Crippen molar-refractivity contribution in [3.05, 3.63) is 23.8 Å². The summed E-state index contributed by atoms with van der Waals surface area (Å²) in [6.45, 7) is 5.21. The maximum Gasteiger partial charge on any atom is 0.127 e. The Labute approximate surface area is 116 Å². The maximum atomic E-state index is 5.83. The van der Waals surface area contributed by atoms with Crippen LogP contribution in [0, 0.1) is 0 Å². The first-order valence-corrected chi connectivity index (χ1v) is 6.81. The molecule has 0 atom stereocenters. The Bertz CT molecular complexity index is 355. The predicted octanol–water partition coefficient (Wildman–Crippen LogP) is 2.61. The fourth-order valence-electron chi connectivity index (χ4n) is 1.67. The fraction of sp³-hybridized carbons (Fsp3) is 0.600. The van der Waals surface area contributed by atoms with Gasteiger partial charge in [-0.1, -0.05) is 19.4 Å². The van der Waals surface area contributed by atoms with Crippen LogP contribution in [0.15, 0.2) is 18.2 Å². The standard InChI is InChI=1S/C15H25NO3/c1-4-5-9-19-15-11-14(18-3)7-6-13(15)12-16-8-10-17-2/h6-7,11,16H,4-5,8-10,12H2,1-3H3. The van der Waals surface area contributed by atoms with Gasteiger partial charge in [0.05, 0.1) is 20.3 Å². The number of unbranched alkanes of at least 4 members (excludes halogenated alkanes) is 1. The summed E-state index contributed by atoms with van der Waals surface area (Å²) in [4.78, 5) is 0. The van der Waals surface area contributed by atoms with Gasteiger partial charge in [0, 0.05) is 31.8 Å². The lowest BCUT2D eigenvalue weighted by Crippen LogP contribution is -2.19. The zero-order valence-electron chi connectivity index (χ0n) is 12.2. The summed E-state index contributed by atoms with van der Waals surface area (Å²) in [6.07, 6.45) is 2.19. The fourth-order valence-corrected chi connectivity index (χ4v) is 1.67. The lowest BCUT2D eigenvalue weighted by Gasteiger charge is -2.13. The topological polar surface area (TPSA) is 39.7 Å². The number of methoxy groups -OCH3 is 2. The predicted molar refractivity (Wildman–Crippen MR) is 77.0 cm³/mol. The number of hydrogen-bond donors (Lipinski definition) is 1. The van der Waals surface area contributed by atoms with E-state index in [9.17, 15) is 0 Å². The van der Waals surface area contributed by atoms with Crippen LogP contribution in [0.4, 0.5) is 0 Å². The Morgan fingerprint density at radius 3 is 2.68 bits per heavy atom. The van der Waals surface area contributed by atoms with Gasteiger partial charge < -0.3 is 19.5 Å². The molecule has 0 saturated heterocycles. The second-order valence-electron chi connectivity index (χ2n) is 4.35. The van der Waals surface area contributed by atoms with Crippen molar-refractivity contribution in [3.8, 4) is 11.5 Å². The molecule has 0 aliphatic heterocycles. The van der Waals surface area contributed by atoms with Gasteiger partial charge >= 0.3 is 0 Å². The lowest BCUT2D eigenvalue weighted by molar-refractivity contribution is 0.199. The van der Waals surface area contributed by atoms with Crippen molar-refractivity contribution < 1.29 is 14.2 Å². The smallest absolute Gasteiger partial charge is 0.127 e. The van der Waals surface area contributed by atoms with Crippen LogP contribution in [0.25, 0.3) is 0 Å². The van der Waals surface area contributed by atoms with E-state index in [1.165, 1.54) is 0 Å². The van der Waals surface area contributed by atoms with Crippen LogP contribution in [-0.2, 0) is 11.3 Å². The molecule has 0 saturated carbocycles. The van der Waals surface area contributed by atoms with Crippen molar-refractivity contribution in [1.82, 2.24) is 5.32 Å². The third kappa shape index (κ3) is 5.94. The molecule has 4 heteroatoms. The van der Waals surface area contributed by atoms with Gasteiger partial charge in [-0.05, 0) is 12.5 Å². The minimum Gasteiger partial charge on any atom is -0.497 e. The number of benzene rings is 1. The average Bonchev–Trinajstić information content (AvgIpc) is 2.45. The summed E-state index contributed by atoms with van der Waals surface area (Å²) >= 11 is 0. The van der Waals surface area contributed by atoms with Gasteiger partial charge in [-0.25, -0.2) is 0 Å². The first-order valence-electron chi connectivity index (χ1n) is 6.81. The molecule has 108 valence electrons. The molecule has 1 rings (SSSR count). The Morgan fingerprint density at radius 1 is 1.16 bits per heavy atom. The molecule has 1 N–H and O–H groups in total. The summed E-state index contributed by atoms with van der Waals surface area (Å²) in [6, 6.07) is 5.95. The zero-order valence-corrected chi connectivity index (χ0v) is 12.2. The van der Waals surface area contributed by atoms with Crippen LogP contribution in [-0.4, -0.2) is 34.0 Å². The molecule has 0 radical (unpaired) electrons. The molecule has 0 aromatic heterocycles. The van der Waals surface area contributed by atoms with E-state index >= 15 is 0 Å². The van der Waals surface area contributed by atoms with Crippen molar-refractivity contribution in [2.45, 2.75) is 26.3 Å². The highest BCUT2D eigenvalue weighted by atomic mass is 16.5. The number of rotatable bonds is 10. The molecule has 0 bridgehead atoms. The highest BCUT2D eigenvalue weighted by Gasteiger charge is 2.05. The summed E-state index contributed by atoms with van der Waals surface area (Å²) in [5.41, 5.74) is 1.15. The quantitative estimate of drug-likeness (QED) is 0.661. The highest BCUT2D eigenvalue weighted by Crippen LogP contribution is 2.25. The summed E-state index contributed by atoms with van der Waals surface area (Å²) < 4.78 is 16.1. The van der Waals surface area contributed by atoms with Gasteiger partial charge in [-0.15, -0.1) is 0 Å². The number of hydrogen-bond acceptors (Lipinski definition) is 4. The van der Waals surface area contributed by atoms with Gasteiger partial charge in [0.2, 0.25) is 0 Å². The first-order chi connectivity index (χ1) is 9.31. The average molecular weight is 267 g/mol. The van der Waals surface area contributed by atoms with Gasteiger partial charge in [-0.3, -0.25) is 0 Å². The van der Waals surface area contributed by atoms with Gasteiger partial charge in [-0.2, -0.15) is 0 Å². The SMILES string of the molecule is CCCCOc1cc(OC)ccc1CNCCOC. The molecule has 1 aromatic rings. The second kappa shape index (κ2) is 9.64. The van der Waals surface area contributed by atoms with E-state index in [0.717, 1.165) is 49.6 Å². The zero-order chi connectivity index (χ0) is 13.9. The lowest BCUT2D eigenvalue weighted by atomic mass is 10.2. The molecule has 19 heavy (non-hydrogen) atoms. The molecule has 0 heterocycles.